The maximum Gasteiger partial charge on any atom is 0.242 e. The number of likely N-dealkylation sites (tertiary alicyclic amines) is 1. The van der Waals surface area contributed by atoms with Gasteiger partial charge in [0.2, 0.25) is 11.8 Å². The molecule has 5 nitrogen and oxygen atoms in total. The molecule has 0 bridgehead atoms. The summed E-state index contributed by atoms with van der Waals surface area (Å²) in [6.07, 6.45) is 3.13. The van der Waals surface area contributed by atoms with Gasteiger partial charge in [0.25, 0.3) is 0 Å². The van der Waals surface area contributed by atoms with E-state index in [1.807, 2.05) is 17.0 Å². The molecule has 1 aromatic heterocycles. The van der Waals surface area contributed by atoms with E-state index < -0.39 is 0 Å². The number of amides is 2. The molecule has 24 heavy (non-hydrogen) atoms. The van der Waals surface area contributed by atoms with Crippen LogP contribution in [0, 0.1) is 0 Å². The summed E-state index contributed by atoms with van der Waals surface area (Å²) in [7, 11) is 0. The number of H-pyrrole nitrogens is 1. The van der Waals surface area contributed by atoms with E-state index in [2.05, 4.69) is 23.2 Å². The molecule has 2 amide bonds. The largest absolute Gasteiger partial charge is 0.357 e. The minimum atomic E-state index is 0.0641. The van der Waals surface area contributed by atoms with Crippen LogP contribution >= 0.6 is 11.8 Å². The van der Waals surface area contributed by atoms with Gasteiger partial charge in [0.1, 0.15) is 6.54 Å². The highest BCUT2D eigenvalue weighted by molar-refractivity contribution is 8.00. The number of thioether (sulfide) groups is 1. The molecule has 2 fully saturated rings. The molecule has 4 rings (SSSR count). The van der Waals surface area contributed by atoms with Crippen molar-refractivity contribution in [1.82, 2.24) is 14.8 Å². The van der Waals surface area contributed by atoms with Crippen LogP contribution in [0.2, 0.25) is 0 Å². The van der Waals surface area contributed by atoms with Crippen LogP contribution in [-0.4, -0.2) is 51.3 Å². The van der Waals surface area contributed by atoms with Gasteiger partial charge in [-0.1, -0.05) is 18.2 Å². The molecule has 1 aromatic carbocycles. The van der Waals surface area contributed by atoms with Crippen molar-refractivity contribution in [3.8, 4) is 0 Å². The second-order valence-corrected chi connectivity index (χ2v) is 7.44. The summed E-state index contributed by atoms with van der Waals surface area (Å²) < 4.78 is 0. The predicted octanol–water partition coefficient (Wildman–Crippen LogP) is 2.75. The monoisotopic (exact) mass is 343 g/mol. The van der Waals surface area contributed by atoms with E-state index in [1.54, 1.807) is 16.7 Å². The van der Waals surface area contributed by atoms with Crippen molar-refractivity contribution in [2.24, 2.45) is 0 Å². The van der Waals surface area contributed by atoms with Crippen molar-refractivity contribution in [3.05, 3.63) is 36.0 Å². The average molecular weight is 343 g/mol. The Bertz CT molecular complexity index is 739. The first-order valence-corrected chi connectivity index (χ1v) is 9.60. The van der Waals surface area contributed by atoms with Crippen molar-refractivity contribution in [2.45, 2.75) is 25.3 Å². The van der Waals surface area contributed by atoms with E-state index >= 15 is 0 Å². The first kappa shape index (κ1) is 15.6. The summed E-state index contributed by atoms with van der Waals surface area (Å²) >= 11 is 1.58. The molecule has 1 unspecified atom stereocenters. The van der Waals surface area contributed by atoms with E-state index in [1.165, 1.54) is 5.39 Å². The van der Waals surface area contributed by atoms with Gasteiger partial charge >= 0.3 is 0 Å². The average Bonchev–Trinajstić information content (AvgIpc) is 3.21. The van der Waals surface area contributed by atoms with E-state index in [-0.39, 0.29) is 24.4 Å². The highest BCUT2D eigenvalue weighted by Crippen LogP contribution is 2.32. The number of rotatable bonds is 3. The van der Waals surface area contributed by atoms with E-state index in [9.17, 15) is 9.59 Å². The Hall–Kier alpha value is -1.95. The summed E-state index contributed by atoms with van der Waals surface area (Å²) in [5, 5.41) is 1.18. The third-order valence-corrected chi connectivity index (χ3v) is 5.83. The van der Waals surface area contributed by atoms with Crippen molar-refractivity contribution in [1.29, 1.82) is 0 Å². The molecule has 2 aliphatic rings. The zero-order valence-corrected chi connectivity index (χ0v) is 14.3. The van der Waals surface area contributed by atoms with Crippen LogP contribution in [0.3, 0.4) is 0 Å². The van der Waals surface area contributed by atoms with Crippen LogP contribution in [0.1, 0.15) is 31.0 Å². The Morgan fingerprint density at radius 1 is 1.29 bits per heavy atom. The SMILES string of the molecule is O=C1CSCN1CC(=O)N1CCCCC1c1cc2ccccc2[nH]1. The first-order valence-electron chi connectivity index (χ1n) is 8.45. The Balaban J connectivity index is 1.56. The van der Waals surface area contributed by atoms with Crippen LogP contribution in [0.25, 0.3) is 10.9 Å². The van der Waals surface area contributed by atoms with Crippen LogP contribution in [0.15, 0.2) is 30.3 Å². The molecule has 0 saturated carbocycles. The standard InChI is InChI=1S/C18H21N3O2S/c22-17(10-20-12-24-11-18(20)23)21-8-4-3-7-16(21)15-9-13-5-1-2-6-14(13)19-15/h1-2,5-6,9,16,19H,3-4,7-8,10-12H2. The number of para-hydroxylation sites is 1. The van der Waals surface area contributed by atoms with Crippen LogP contribution in [-0.2, 0) is 9.59 Å². The lowest BCUT2D eigenvalue weighted by Gasteiger charge is -2.36. The Labute approximate surface area is 145 Å². The van der Waals surface area contributed by atoms with Crippen molar-refractivity contribution in [3.63, 3.8) is 0 Å². The van der Waals surface area contributed by atoms with Gasteiger partial charge in [0, 0.05) is 17.8 Å². The van der Waals surface area contributed by atoms with E-state index in [4.69, 9.17) is 0 Å². The lowest BCUT2D eigenvalue weighted by Crippen LogP contribution is -2.44. The molecule has 1 atom stereocenters. The molecule has 126 valence electrons. The summed E-state index contributed by atoms with van der Waals surface area (Å²) in [5.41, 5.74) is 2.21. The molecular weight excluding hydrogens is 322 g/mol. The Morgan fingerprint density at radius 3 is 2.96 bits per heavy atom. The zero-order valence-electron chi connectivity index (χ0n) is 13.5. The number of aromatic amines is 1. The first-order chi connectivity index (χ1) is 11.7. The topological polar surface area (TPSA) is 56.4 Å². The quantitative estimate of drug-likeness (QED) is 0.932. The molecular formula is C18H21N3O2S. The highest BCUT2D eigenvalue weighted by atomic mass is 32.2. The molecule has 2 aromatic rings. The van der Waals surface area contributed by atoms with Gasteiger partial charge in [-0.3, -0.25) is 9.59 Å². The van der Waals surface area contributed by atoms with Crippen LogP contribution < -0.4 is 0 Å². The van der Waals surface area contributed by atoms with Crippen molar-refractivity contribution >= 4 is 34.5 Å². The molecule has 2 saturated heterocycles. The minimum absolute atomic E-state index is 0.0641. The smallest absolute Gasteiger partial charge is 0.242 e. The third kappa shape index (κ3) is 2.90. The van der Waals surface area contributed by atoms with E-state index in [0.717, 1.165) is 37.0 Å². The third-order valence-electron chi connectivity index (χ3n) is 4.88. The molecule has 3 heterocycles. The number of nitrogens with one attached hydrogen (secondary N) is 1. The lowest BCUT2D eigenvalue weighted by atomic mass is 9.99. The number of nitrogens with zero attached hydrogens (tertiary/aromatic N) is 2. The fourth-order valence-electron chi connectivity index (χ4n) is 3.62. The number of piperidine rings is 1. The molecule has 0 aliphatic carbocycles. The van der Waals surface area contributed by atoms with Gasteiger partial charge < -0.3 is 14.8 Å². The molecule has 0 spiro atoms. The number of hydrogen-bond acceptors (Lipinski definition) is 3. The fraction of sp³-hybridized carbons (Fsp3) is 0.444. The number of hydrogen-bond donors (Lipinski definition) is 1. The minimum Gasteiger partial charge on any atom is -0.357 e. The number of carbonyl (C=O) groups is 2. The highest BCUT2D eigenvalue weighted by Gasteiger charge is 2.32. The van der Waals surface area contributed by atoms with Crippen molar-refractivity contribution in [2.75, 3.05) is 24.7 Å². The second-order valence-electron chi connectivity index (χ2n) is 6.48. The van der Waals surface area contributed by atoms with Crippen molar-refractivity contribution < 1.29 is 9.59 Å². The Morgan fingerprint density at radius 2 is 2.17 bits per heavy atom. The lowest BCUT2D eigenvalue weighted by molar-refractivity contribution is -0.140. The van der Waals surface area contributed by atoms with E-state index in [0.29, 0.717) is 11.6 Å². The van der Waals surface area contributed by atoms with Gasteiger partial charge in [-0.25, -0.2) is 0 Å². The molecule has 1 N–H and O–H groups in total. The summed E-state index contributed by atoms with van der Waals surface area (Å²) in [5.74, 6) is 1.27. The number of aromatic nitrogens is 1. The van der Waals surface area contributed by atoms with Crippen LogP contribution in [0.5, 0.6) is 0 Å². The maximum absolute atomic E-state index is 12.8. The zero-order chi connectivity index (χ0) is 16.5. The fourth-order valence-corrected chi connectivity index (χ4v) is 4.53. The Kier molecular flexibility index (Phi) is 4.22. The maximum atomic E-state index is 12.8. The summed E-state index contributed by atoms with van der Waals surface area (Å²) in [4.78, 5) is 31.7. The van der Waals surface area contributed by atoms with Gasteiger partial charge in [-0.05, 0) is 36.8 Å². The molecule has 0 radical (unpaired) electrons. The second kappa shape index (κ2) is 6.51. The molecule has 6 heteroatoms. The summed E-state index contributed by atoms with van der Waals surface area (Å²) in [6, 6.07) is 10.4. The van der Waals surface area contributed by atoms with Gasteiger partial charge in [0.05, 0.1) is 17.7 Å². The number of benzene rings is 1. The summed E-state index contributed by atoms with van der Waals surface area (Å²) in [6.45, 7) is 0.983. The van der Waals surface area contributed by atoms with Crippen LogP contribution in [0.4, 0.5) is 0 Å². The normalized spacial score (nSPS) is 21.7. The number of fused-ring (bicyclic) bond motifs is 1. The molecule has 2 aliphatic heterocycles. The predicted molar refractivity (Wildman–Crippen MR) is 95.6 cm³/mol. The van der Waals surface area contributed by atoms with Gasteiger partial charge in [0.15, 0.2) is 0 Å². The number of carbonyl (C=O) groups excluding carboxylic acids is 2. The van der Waals surface area contributed by atoms with Gasteiger partial charge in [-0.15, -0.1) is 11.8 Å². The van der Waals surface area contributed by atoms with Gasteiger partial charge in [-0.2, -0.15) is 0 Å².